The molecule has 0 aliphatic heterocycles. The third kappa shape index (κ3) is 2.75. The zero-order valence-electron chi connectivity index (χ0n) is 8.76. The van der Waals surface area contributed by atoms with Crippen molar-refractivity contribution in [3.8, 4) is 0 Å². The second kappa shape index (κ2) is 4.86. The molecular formula is C12H11FINO. The first kappa shape index (κ1) is 11.4. The number of halogens is 2. The monoisotopic (exact) mass is 331 g/mol. The van der Waals surface area contributed by atoms with Gasteiger partial charge in [0.25, 0.3) is 0 Å². The van der Waals surface area contributed by atoms with Gasteiger partial charge in [-0.1, -0.05) is 6.07 Å². The summed E-state index contributed by atoms with van der Waals surface area (Å²) in [6, 6.07) is 8.75. The zero-order valence-corrected chi connectivity index (χ0v) is 10.9. The van der Waals surface area contributed by atoms with Crippen molar-refractivity contribution < 1.29 is 8.81 Å². The summed E-state index contributed by atoms with van der Waals surface area (Å²) in [6.45, 7) is 2.42. The summed E-state index contributed by atoms with van der Waals surface area (Å²) in [5, 5.41) is 3.01. The van der Waals surface area contributed by atoms with Crippen LogP contribution >= 0.6 is 22.6 Å². The van der Waals surface area contributed by atoms with Crippen molar-refractivity contribution >= 4 is 28.3 Å². The first-order valence-corrected chi connectivity index (χ1v) is 5.97. The SMILES string of the molecule is Cc1ccc(F)c(NCc2ccc(I)o2)c1. The van der Waals surface area contributed by atoms with Crippen molar-refractivity contribution in [3.05, 3.63) is 51.2 Å². The lowest BCUT2D eigenvalue weighted by Gasteiger charge is -2.06. The highest BCUT2D eigenvalue weighted by molar-refractivity contribution is 14.1. The van der Waals surface area contributed by atoms with Gasteiger partial charge in [0.1, 0.15) is 11.6 Å². The lowest BCUT2D eigenvalue weighted by Crippen LogP contribution is -2.00. The van der Waals surface area contributed by atoms with Crippen LogP contribution in [0.25, 0.3) is 0 Å². The molecule has 2 rings (SSSR count). The van der Waals surface area contributed by atoms with E-state index < -0.39 is 0 Å². The van der Waals surface area contributed by atoms with Crippen molar-refractivity contribution in [3.63, 3.8) is 0 Å². The molecule has 4 heteroatoms. The lowest BCUT2D eigenvalue weighted by atomic mass is 10.2. The van der Waals surface area contributed by atoms with Crippen molar-refractivity contribution in [1.82, 2.24) is 0 Å². The molecule has 0 aliphatic carbocycles. The Kier molecular flexibility index (Phi) is 3.48. The van der Waals surface area contributed by atoms with Gasteiger partial charge in [0.15, 0.2) is 3.77 Å². The lowest BCUT2D eigenvalue weighted by molar-refractivity contribution is 0.492. The minimum Gasteiger partial charge on any atom is -0.454 e. The normalized spacial score (nSPS) is 10.4. The van der Waals surface area contributed by atoms with Crippen LogP contribution in [0.3, 0.4) is 0 Å². The molecule has 2 nitrogen and oxygen atoms in total. The van der Waals surface area contributed by atoms with Crippen LogP contribution in [0.2, 0.25) is 0 Å². The Labute approximate surface area is 107 Å². The number of benzene rings is 1. The second-order valence-corrected chi connectivity index (χ2v) is 4.61. The van der Waals surface area contributed by atoms with E-state index in [-0.39, 0.29) is 5.82 Å². The molecule has 0 spiro atoms. The quantitative estimate of drug-likeness (QED) is 0.862. The fourth-order valence-electron chi connectivity index (χ4n) is 1.40. The van der Waals surface area contributed by atoms with E-state index in [9.17, 15) is 4.39 Å². The van der Waals surface area contributed by atoms with Crippen LogP contribution in [0.1, 0.15) is 11.3 Å². The third-order valence-corrected chi connectivity index (χ3v) is 2.78. The topological polar surface area (TPSA) is 25.2 Å². The van der Waals surface area contributed by atoms with Gasteiger partial charge in [0.05, 0.1) is 12.2 Å². The molecule has 1 aromatic carbocycles. The van der Waals surface area contributed by atoms with Gasteiger partial charge >= 0.3 is 0 Å². The Morgan fingerprint density at radius 2 is 2.12 bits per heavy atom. The van der Waals surface area contributed by atoms with Gasteiger partial charge in [-0.25, -0.2) is 4.39 Å². The van der Waals surface area contributed by atoms with E-state index in [0.29, 0.717) is 12.2 Å². The summed E-state index contributed by atoms with van der Waals surface area (Å²) in [5.74, 6) is 0.553. The molecule has 84 valence electrons. The van der Waals surface area contributed by atoms with E-state index in [4.69, 9.17) is 4.42 Å². The molecule has 1 heterocycles. The fraction of sp³-hybridized carbons (Fsp3) is 0.167. The predicted octanol–water partition coefficient (Wildman–Crippen LogP) is 3.94. The molecule has 0 saturated carbocycles. The molecular weight excluding hydrogens is 320 g/mol. The summed E-state index contributed by atoms with van der Waals surface area (Å²) in [7, 11) is 0. The molecule has 0 bridgehead atoms. The average Bonchev–Trinajstić information content (AvgIpc) is 2.66. The maximum Gasteiger partial charge on any atom is 0.164 e. The van der Waals surface area contributed by atoms with Gasteiger partial charge < -0.3 is 9.73 Å². The summed E-state index contributed by atoms with van der Waals surface area (Å²) < 4.78 is 19.6. The van der Waals surface area contributed by atoms with E-state index in [1.165, 1.54) is 6.07 Å². The standard InChI is InChI=1S/C12H11FINO/c1-8-2-4-10(13)11(6-8)15-7-9-3-5-12(14)16-9/h2-6,15H,7H2,1H3. The smallest absolute Gasteiger partial charge is 0.164 e. The molecule has 0 radical (unpaired) electrons. The number of nitrogens with one attached hydrogen (secondary N) is 1. The van der Waals surface area contributed by atoms with Crippen molar-refractivity contribution in [2.24, 2.45) is 0 Å². The van der Waals surface area contributed by atoms with Crippen molar-refractivity contribution in [1.29, 1.82) is 0 Å². The van der Waals surface area contributed by atoms with Crippen LogP contribution in [0.4, 0.5) is 10.1 Å². The third-order valence-electron chi connectivity index (χ3n) is 2.20. The van der Waals surface area contributed by atoms with Crippen LogP contribution in [0.5, 0.6) is 0 Å². The van der Waals surface area contributed by atoms with Gasteiger partial charge in [0, 0.05) is 0 Å². The van der Waals surface area contributed by atoms with E-state index in [0.717, 1.165) is 15.1 Å². The first-order valence-electron chi connectivity index (χ1n) is 4.89. The molecule has 0 saturated heterocycles. The summed E-state index contributed by atoms with van der Waals surface area (Å²) in [5.41, 5.74) is 1.53. The van der Waals surface area contributed by atoms with Gasteiger partial charge in [-0.2, -0.15) is 0 Å². The van der Waals surface area contributed by atoms with Crippen molar-refractivity contribution in [2.45, 2.75) is 13.5 Å². The Morgan fingerprint density at radius 3 is 2.81 bits per heavy atom. The summed E-state index contributed by atoms with van der Waals surface area (Å²) in [4.78, 5) is 0. The average molecular weight is 331 g/mol. The van der Waals surface area contributed by atoms with Gasteiger partial charge in [-0.05, 0) is 59.3 Å². The highest BCUT2D eigenvalue weighted by Gasteiger charge is 2.03. The van der Waals surface area contributed by atoms with E-state index in [2.05, 4.69) is 27.9 Å². The highest BCUT2D eigenvalue weighted by atomic mass is 127. The zero-order chi connectivity index (χ0) is 11.5. The largest absolute Gasteiger partial charge is 0.454 e. The maximum atomic E-state index is 13.4. The Morgan fingerprint density at radius 1 is 1.31 bits per heavy atom. The number of aryl methyl sites for hydroxylation is 1. The molecule has 1 aromatic heterocycles. The van der Waals surface area contributed by atoms with E-state index >= 15 is 0 Å². The fourth-order valence-corrected chi connectivity index (χ4v) is 1.87. The van der Waals surface area contributed by atoms with Crippen LogP contribution in [0, 0.1) is 16.5 Å². The molecule has 0 fully saturated rings. The summed E-state index contributed by atoms with van der Waals surface area (Å²) >= 11 is 2.10. The van der Waals surface area contributed by atoms with Crippen molar-refractivity contribution in [2.75, 3.05) is 5.32 Å². The second-order valence-electron chi connectivity index (χ2n) is 3.54. The van der Waals surface area contributed by atoms with E-state index in [1.807, 2.05) is 19.1 Å². The number of hydrogen-bond donors (Lipinski definition) is 1. The Bertz CT molecular complexity index is 496. The minimum atomic E-state index is -0.244. The van der Waals surface area contributed by atoms with E-state index in [1.54, 1.807) is 12.1 Å². The van der Waals surface area contributed by atoms with Crippen LogP contribution in [-0.4, -0.2) is 0 Å². The molecule has 2 aromatic rings. The predicted molar refractivity (Wildman–Crippen MR) is 69.9 cm³/mol. The van der Waals surface area contributed by atoms with Crippen LogP contribution in [-0.2, 0) is 6.54 Å². The molecule has 1 N–H and O–H groups in total. The number of anilines is 1. The number of hydrogen-bond acceptors (Lipinski definition) is 2. The van der Waals surface area contributed by atoms with Crippen LogP contribution < -0.4 is 5.32 Å². The van der Waals surface area contributed by atoms with Crippen LogP contribution in [0.15, 0.2) is 34.7 Å². The number of rotatable bonds is 3. The first-order chi connectivity index (χ1) is 7.65. The van der Waals surface area contributed by atoms with Gasteiger partial charge in [0.2, 0.25) is 0 Å². The van der Waals surface area contributed by atoms with Gasteiger partial charge in [-0.3, -0.25) is 0 Å². The molecule has 0 aliphatic rings. The highest BCUT2D eigenvalue weighted by Crippen LogP contribution is 2.17. The minimum absolute atomic E-state index is 0.244. The van der Waals surface area contributed by atoms with Gasteiger partial charge in [-0.15, -0.1) is 0 Å². The molecule has 0 atom stereocenters. The maximum absolute atomic E-state index is 13.4. The molecule has 16 heavy (non-hydrogen) atoms. The number of furan rings is 1. The Hall–Kier alpha value is -1.04. The molecule has 0 unspecified atom stereocenters. The summed E-state index contributed by atoms with van der Waals surface area (Å²) in [6.07, 6.45) is 0. The molecule has 0 amide bonds. The Balaban J connectivity index is 2.07.